The topological polar surface area (TPSA) is 60.8 Å². The van der Waals surface area contributed by atoms with Gasteiger partial charge < -0.3 is 10.2 Å². The number of aliphatic carboxylic acids is 1. The Morgan fingerprint density at radius 2 is 2.00 bits per heavy atom. The Balaban J connectivity index is 2.22. The fraction of sp³-hybridized carbons (Fsp3) is 0.933. The van der Waals surface area contributed by atoms with Gasteiger partial charge in [0.1, 0.15) is 5.54 Å². The summed E-state index contributed by atoms with van der Waals surface area (Å²) < 4.78 is 0. The molecule has 1 saturated heterocycles. The third kappa shape index (κ3) is 2.79. The van der Waals surface area contributed by atoms with Gasteiger partial charge in [0.05, 0.1) is 6.10 Å². The van der Waals surface area contributed by atoms with Crippen molar-refractivity contribution in [1.29, 1.82) is 0 Å². The molecule has 0 bridgehead atoms. The summed E-state index contributed by atoms with van der Waals surface area (Å²) in [5, 5.41) is 20.1. The number of aliphatic hydroxyl groups is 1. The van der Waals surface area contributed by atoms with Crippen LogP contribution in [0.15, 0.2) is 0 Å². The third-order valence-corrected chi connectivity index (χ3v) is 4.95. The Hall–Kier alpha value is -0.610. The van der Waals surface area contributed by atoms with Crippen LogP contribution in [0.3, 0.4) is 0 Å². The molecule has 1 saturated carbocycles. The molecule has 0 spiro atoms. The summed E-state index contributed by atoms with van der Waals surface area (Å²) in [6.07, 6.45) is 8.01. The van der Waals surface area contributed by atoms with E-state index in [0.717, 1.165) is 57.9 Å². The van der Waals surface area contributed by atoms with Crippen LogP contribution < -0.4 is 0 Å². The Bertz CT molecular complexity index is 321. The van der Waals surface area contributed by atoms with Crippen LogP contribution in [0.25, 0.3) is 0 Å². The molecule has 0 amide bonds. The van der Waals surface area contributed by atoms with Gasteiger partial charge in [0.15, 0.2) is 0 Å². The molecule has 2 N–H and O–H groups in total. The Labute approximate surface area is 115 Å². The van der Waals surface area contributed by atoms with Crippen molar-refractivity contribution < 1.29 is 15.0 Å². The van der Waals surface area contributed by atoms with Crippen molar-refractivity contribution >= 4 is 5.97 Å². The van der Waals surface area contributed by atoms with Gasteiger partial charge in [-0.05, 0) is 38.6 Å². The summed E-state index contributed by atoms with van der Waals surface area (Å²) in [6, 6.07) is 0.0487. The first-order valence-corrected chi connectivity index (χ1v) is 7.80. The van der Waals surface area contributed by atoms with Crippen molar-refractivity contribution in [3.8, 4) is 0 Å². The highest BCUT2D eigenvalue weighted by atomic mass is 16.4. The van der Waals surface area contributed by atoms with Crippen molar-refractivity contribution in [1.82, 2.24) is 4.90 Å². The first kappa shape index (κ1) is 14.8. The minimum atomic E-state index is -0.718. The smallest absolute Gasteiger partial charge is 0.324 e. The molecule has 2 rings (SSSR count). The molecule has 2 fully saturated rings. The lowest BCUT2D eigenvalue weighted by Crippen LogP contribution is -2.57. The fourth-order valence-electron chi connectivity index (χ4n) is 4.03. The van der Waals surface area contributed by atoms with Crippen LogP contribution in [-0.4, -0.2) is 45.3 Å². The molecule has 4 heteroatoms. The first-order valence-electron chi connectivity index (χ1n) is 7.80. The van der Waals surface area contributed by atoms with Crippen molar-refractivity contribution in [3.63, 3.8) is 0 Å². The summed E-state index contributed by atoms with van der Waals surface area (Å²) in [4.78, 5) is 14.0. The number of likely N-dealkylation sites (tertiary alicyclic amines) is 1. The highest BCUT2D eigenvalue weighted by Crippen LogP contribution is 2.38. The average Bonchev–Trinajstić information content (AvgIpc) is 2.67. The van der Waals surface area contributed by atoms with Gasteiger partial charge in [0.25, 0.3) is 0 Å². The van der Waals surface area contributed by atoms with E-state index in [1.165, 1.54) is 0 Å². The maximum absolute atomic E-state index is 11.8. The first-order chi connectivity index (χ1) is 9.12. The standard InChI is InChI=1S/C15H27NO3/c1-2-9-15(14(18)19)10-6-11-16(15)12-7-4-3-5-8-13(12)17/h12-13,17H,2-11H2,1H3,(H,18,19). The molecule has 0 aromatic carbocycles. The van der Waals surface area contributed by atoms with Crippen LogP contribution in [0.1, 0.15) is 64.7 Å². The van der Waals surface area contributed by atoms with Crippen LogP contribution in [-0.2, 0) is 4.79 Å². The molecule has 1 aliphatic heterocycles. The van der Waals surface area contributed by atoms with Gasteiger partial charge in [0.2, 0.25) is 0 Å². The van der Waals surface area contributed by atoms with Gasteiger partial charge in [-0.2, -0.15) is 0 Å². The van der Waals surface area contributed by atoms with Crippen LogP contribution in [0.2, 0.25) is 0 Å². The zero-order chi connectivity index (χ0) is 13.9. The highest BCUT2D eigenvalue weighted by Gasteiger charge is 2.50. The minimum Gasteiger partial charge on any atom is -0.480 e. The zero-order valence-electron chi connectivity index (χ0n) is 12.0. The molecule has 110 valence electrons. The summed E-state index contributed by atoms with van der Waals surface area (Å²) in [7, 11) is 0. The van der Waals surface area contributed by atoms with Crippen molar-refractivity contribution in [2.75, 3.05) is 6.54 Å². The molecule has 1 heterocycles. The van der Waals surface area contributed by atoms with Gasteiger partial charge in [0, 0.05) is 6.04 Å². The van der Waals surface area contributed by atoms with E-state index < -0.39 is 11.5 Å². The summed E-state index contributed by atoms with van der Waals surface area (Å²) >= 11 is 0. The maximum atomic E-state index is 11.8. The molecule has 19 heavy (non-hydrogen) atoms. The van der Waals surface area contributed by atoms with Gasteiger partial charge in [-0.3, -0.25) is 9.69 Å². The zero-order valence-corrected chi connectivity index (χ0v) is 12.0. The van der Waals surface area contributed by atoms with Crippen molar-refractivity contribution in [2.45, 2.75) is 82.4 Å². The van der Waals surface area contributed by atoms with Crippen LogP contribution in [0.5, 0.6) is 0 Å². The van der Waals surface area contributed by atoms with E-state index in [1.54, 1.807) is 0 Å². The summed E-state index contributed by atoms with van der Waals surface area (Å²) in [5.74, 6) is -0.691. The molecule has 0 radical (unpaired) electrons. The van der Waals surface area contributed by atoms with E-state index in [9.17, 15) is 15.0 Å². The number of carbonyl (C=O) groups is 1. The molecular formula is C15H27NO3. The van der Waals surface area contributed by atoms with Gasteiger partial charge in [-0.25, -0.2) is 0 Å². The predicted molar refractivity (Wildman–Crippen MR) is 74.1 cm³/mol. The molecule has 3 unspecified atom stereocenters. The maximum Gasteiger partial charge on any atom is 0.324 e. The molecule has 0 aromatic rings. The molecule has 0 aromatic heterocycles. The monoisotopic (exact) mass is 269 g/mol. The highest BCUT2D eigenvalue weighted by molar-refractivity contribution is 5.79. The number of aliphatic hydroxyl groups excluding tert-OH is 1. The predicted octanol–water partition coefficient (Wildman–Crippen LogP) is 2.40. The average molecular weight is 269 g/mol. The van der Waals surface area contributed by atoms with Gasteiger partial charge in [-0.1, -0.05) is 32.6 Å². The molecular weight excluding hydrogens is 242 g/mol. The number of hydrogen-bond acceptors (Lipinski definition) is 3. The van der Waals surface area contributed by atoms with Gasteiger partial charge in [-0.15, -0.1) is 0 Å². The SMILES string of the molecule is CCCC1(C(=O)O)CCCN1C1CCCCCC1O. The lowest BCUT2D eigenvalue weighted by atomic mass is 9.88. The fourth-order valence-corrected chi connectivity index (χ4v) is 4.03. The third-order valence-electron chi connectivity index (χ3n) is 4.95. The number of carboxylic acid groups (broad SMARTS) is 1. The summed E-state index contributed by atoms with van der Waals surface area (Å²) in [6.45, 7) is 2.87. The van der Waals surface area contributed by atoms with Crippen molar-refractivity contribution in [2.24, 2.45) is 0 Å². The van der Waals surface area contributed by atoms with E-state index in [4.69, 9.17) is 0 Å². The van der Waals surface area contributed by atoms with Crippen LogP contribution in [0.4, 0.5) is 0 Å². The molecule has 3 atom stereocenters. The molecule has 1 aliphatic carbocycles. The number of rotatable bonds is 4. The minimum absolute atomic E-state index is 0.0487. The van der Waals surface area contributed by atoms with E-state index in [0.29, 0.717) is 6.42 Å². The largest absolute Gasteiger partial charge is 0.480 e. The van der Waals surface area contributed by atoms with Crippen LogP contribution >= 0.6 is 0 Å². The van der Waals surface area contributed by atoms with E-state index in [-0.39, 0.29) is 12.1 Å². The van der Waals surface area contributed by atoms with E-state index >= 15 is 0 Å². The normalized spacial score (nSPS) is 37.2. The van der Waals surface area contributed by atoms with E-state index in [1.807, 2.05) is 6.92 Å². The lowest BCUT2D eigenvalue weighted by molar-refractivity contribution is -0.153. The Morgan fingerprint density at radius 3 is 2.68 bits per heavy atom. The number of nitrogens with zero attached hydrogens (tertiary/aromatic N) is 1. The molecule has 4 nitrogen and oxygen atoms in total. The second kappa shape index (κ2) is 6.23. The number of hydrogen-bond donors (Lipinski definition) is 2. The van der Waals surface area contributed by atoms with E-state index in [2.05, 4.69) is 4.90 Å². The second-order valence-electron chi connectivity index (χ2n) is 6.16. The Kier molecular flexibility index (Phi) is 4.85. The van der Waals surface area contributed by atoms with Crippen molar-refractivity contribution in [3.05, 3.63) is 0 Å². The summed E-state index contributed by atoms with van der Waals surface area (Å²) in [5.41, 5.74) is -0.718. The quantitative estimate of drug-likeness (QED) is 0.769. The second-order valence-corrected chi connectivity index (χ2v) is 6.16. The molecule has 2 aliphatic rings. The lowest BCUT2D eigenvalue weighted by Gasteiger charge is -2.41. The number of carboxylic acids is 1. The van der Waals surface area contributed by atoms with Gasteiger partial charge >= 0.3 is 5.97 Å². The van der Waals surface area contributed by atoms with Crippen LogP contribution in [0, 0.1) is 0 Å². The Morgan fingerprint density at radius 1 is 1.26 bits per heavy atom.